The second-order valence-corrected chi connectivity index (χ2v) is 5.18. The van der Waals surface area contributed by atoms with Crippen molar-refractivity contribution < 1.29 is 4.21 Å². The van der Waals surface area contributed by atoms with Crippen molar-refractivity contribution in [1.82, 2.24) is 10.3 Å². The van der Waals surface area contributed by atoms with E-state index in [4.69, 9.17) is 0 Å². The number of hydrogen-bond donors (Lipinski definition) is 1. The van der Waals surface area contributed by atoms with Crippen LogP contribution in [0, 0.1) is 0 Å². The molecule has 0 spiro atoms. The molecule has 0 saturated carbocycles. The standard InChI is InChI=1S/C10H14N2OS.ClH/c13-14(10-4-6-11-7-10)8-9-3-1-2-5-12-9;/h1-3,5,10-11H,4,6-8H2;1H/t10-,14?;/m0./s1. The van der Waals surface area contributed by atoms with Gasteiger partial charge in [-0.25, -0.2) is 0 Å². The van der Waals surface area contributed by atoms with Gasteiger partial charge in [0.25, 0.3) is 0 Å². The molecular formula is C10H15ClN2OS. The first kappa shape index (κ1) is 12.6. The van der Waals surface area contributed by atoms with Crippen LogP contribution in [0.1, 0.15) is 12.1 Å². The summed E-state index contributed by atoms with van der Waals surface area (Å²) in [6.07, 6.45) is 2.78. The summed E-state index contributed by atoms with van der Waals surface area (Å²) in [7, 11) is -0.771. The minimum Gasteiger partial charge on any atom is -0.315 e. The molecule has 0 bridgehead atoms. The number of hydrogen-bond acceptors (Lipinski definition) is 3. The van der Waals surface area contributed by atoms with E-state index in [0.29, 0.717) is 11.0 Å². The molecule has 0 amide bonds. The smallest absolute Gasteiger partial charge is 0.0662 e. The van der Waals surface area contributed by atoms with Gasteiger partial charge in [0.15, 0.2) is 0 Å². The quantitative estimate of drug-likeness (QED) is 0.869. The minimum absolute atomic E-state index is 0. The third-order valence-electron chi connectivity index (χ3n) is 2.40. The van der Waals surface area contributed by atoms with Crippen molar-refractivity contribution in [2.75, 3.05) is 13.1 Å². The fourth-order valence-electron chi connectivity index (χ4n) is 1.60. The summed E-state index contributed by atoms with van der Waals surface area (Å²) in [5.74, 6) is 0.590. The molecule has 1 fully saturated rings. The molecule has 1 aliphatic heterocycles. The Balaban J connectivity index is 0.00000112. The molecule has 84 valence electrons. The number of rotatable bonds is 3. The van der Waals surface area contributed by atoms with Crippen molar-refractivity contribution >= 4 is 23.2 Å². The van der Waals surface area contributed by atoms with Crippen molar-refractivity contribution in [2.45, 2.75) is 17.4 Å². The van der Waals surface area contributed by atoms with E-state index in [1.807, 2.05) is 18.2 Å². The number of nitrogens with zero attached hydrogens (tertiary/aromatic N) is 1. The molecule has 1 N–H and O–H groups in total. The minimum atomic E-state index is -0.771. The molecule has 0 radical (unpaired) electrons. The van der Waals surface area contributed by atoms with E-state index >= 15 is 0 Å². The average molecular weight is 247 g/mol. The summed E-state index contributed by atoms with van der Waals surface area (Å²) in [5, 5.41) is 3.54. The summed E-state index contributed by atoms with van der Waals surface area (Å²) >= 11 is 0. The van der Waals surface area contributed by atoms with Gasteiger partial charge in [0, 0.05) is 28.8 Å². The molecule has 3 nitrogen and oxygen atoms in total. The molecule has 1 aliphatic rings. The van der Waals surface area contributed by atoms with E-state index < -0.39 is 10.8 Å². The van der Waals surface area contributed by atoms with Crippen molar-refractivity contribution in [3.63, 3.8) is 0 Å². The Hall–Kier alpha value is -0.450. The van der Waals surface area contributed by atoms with Crippen LogP contribution in [0.15, 0.2) is 24.4 Å². The first-order chi connectivity index (χ1) is 6.86. The van der Waals surface area contributed by atoms with Crippen LogP contribution in [0.2, 0.25) is 0 Å². The molecule has 2 atom stereocenters. The Morgan fingerprint density at radius 3 is 3.00 bits per heavy atom. The van der Waals surface area contributed by atoms with E-state index in [-0.39, 0.29) is 12.4 Å². The summed E-state index contributed by atoms with van der Waals surface area (Å²) in [6.45, 7) is 1.89. The van der Waals surface area contributed by atoms with Crippen LogP contribution in [0.3, 0.4) is 0 Å². The van der Waals surface area contributed by atoms with Crippen LogP contribution in [0.25, 0.3) is 0 Å². The van der Waals surface area contributed by atoms with E-state index in [1.165, 1.54) is 0 Å². The van der Waals surface area contributed by atoms with Gasteiger partial charge in [-0.15, -0.1) is 12.4 Å². The van der Waals surface area contributed by atoms with Gasteiger partial charge < -0.3 is 5.32 Å². The van der Waals surface area contributed by atoms with Gasteiger partial charge in [-0.05, 0) is 25.1 Å². The normalized spacial score (nSPS) is 22.0. The van der Waals surface area contributed by atoms with Gasteiger partial charge in [-0.2, -0.15) is 0 Å². The summed E-state index contributed by atoms with van der Waals surface area (Å²) in [6, 6.07) is 5.75. The van der Waals surface area contributed by atoms with Gasteiger partial charge in [-0.3, -0.25) is 9.19 Å². The molecule has 0 aliphatic carbocycles. The van der Waals surface area contributed by atoms with Crippen LogP contribution >= 0.6 is 12.4 Å². The van der Waals surface area contributed by atoms with E-state index in [1.54, 1.807) is 6.20 Å². The largest absolute Gasteiger partial charge is 0.315 e. The first-order valence-corrected chi connectivity index (χ1v) is 6.22. The molecule has 15 heavy (non-hydrogen) atoms. The molecule has 1 saturated heterocycles. The Bertz CT molecular complexity index is 314. The zero-order valence-electron chi connectivity index (χ0n) is 8.39. The maximum Gasteiger partial charge on any atom is 0.0662 e. The van der Waals surface area contributed by atoms with Crippen molar-refractivity contribution in [3.8, 4) is 0 Å². The predicted octanol–water partition coefficient (Wildman–Crippen LogP) is 1.11. The topological polar surface area (TPSA) is 42.0 Å². The zero-order chi connectivity index (χ0) is 9.80. The Morgan fingerprint density at radius 1 is 1.53 bits per heavy atom. The first-order valence-electron chi connectivity index (χ1n) is 4.84. The Kier molecular flexibility index (Phi) is 5.22. The molecule has 2 heterocycles. The lowest BCUT2D eigenvalue weighted by Gasteiger charge is -2.07. The maximum absolute atomic E-state index is 11.8. The second kappa shape index (κ2) is 6.20. The number of nitrogens with one attached hydrogen (secondary N) is 1. The van der Waals surface area contributed by atoms with Crippen LogP contribution in [-0.2, 0) is 16.6 Å². The van der Waals surface area contributed by atoms with E-state index in [2.05, 4.69) is 10.3 Å². The lowest BCUT2D eigenvalue weighted by Crippen LogP contribution is -2.20. The highest BCUT2D eigenvalue weighted by Gasteiger charge is 2.21. The highest BCUT2D eigenvalue weighted by molar-refractivity contribution is 7.84. The molecule has 1 unspecified atom stereocenters. The predicted molar refractivity (Wildman–Crippen MR) is 64.6 cm³/mol. The number of aromatic nitrogens is 1. The van der Waals surface area contributed by atoms with Crippen LogP contribution in [-0.4, -0.2) is 27.5 Å². The molecule has 2 rings (SSSR count). The van der Waals surface area contributed by atoms with Crippen molar-refractivity contribution in [2.24, 2.45) is 0 Å². The monoisotopic (exact) mass is 246 g/mol. The maximum atomic E-state index is 11.8. The van der Waals surface area contributed by atoms with Crippen LogP contribution in [0.5, 0.6) is 0 Å². The fraction of sp³-hybridized carbons (Fsp3) is 0.500. The number of pyridine rings is 1. The van der Waals surface area contributed by atoms with E-state index in [9.17, 15) is 4.21 Å². The van der Waals surface area contributed by atoms with Gasteiger partial charge >= 0.3 is 0 Å². The van der Waals surface area contributed by atoms with Gasteiger partial charge in [0.2, 0.25) is 0 Å². The van der Waals surface area contributed by atoms with Crippen LogP contribution in [0.4, 0.5) is 0 Å². The van der Waals surface area contributed by atoms with Crippen molar-refractivity contribution in [3.05, 3.63) is 30.1 Å². The van der Waals surface area contributed by atoms with Gasteiger partial charge in [0.1, 0.15) is 0 Å². The summed E-state index contributed by atoms with van der Waals surface area (Å²) in [5.41, 5.74) is 0.928. The van der Waals surface area contributed by atoms with E-state index in [0.717, 1.165) is 25.2 Å². The van der Waals surface area contributed by atoms with Gasteiger partial charge in [-0.1, -0.05) is 6.07 Å². The lowest BCUT2D eigenvalue weighted by molar-refractivity contribution is 0.671. The summed E-state index contributed by atoms with van der Waals surface area (Å²) < 4.78 is 11.8. The fourth-order valence-corrected chi connectivity index (χ4v) is 2.98. The molecule has 1 aromatic heterocycles. The molecule has 1 aromatic rings. The third-order valence-corrected chi connectivity index (χ3v) is 4.13. The lowest BCUT2D eigenvalue weighted by atomic mass is 10.4. The number of halogens is 1. The second-order valence-electron chi connectivity index (χ2n) is 3.46. The third kappa shape index (κ3) is 3.55. The van der Waals surface area contributed by atoms with Crippen molar-refractivity contribution in [1.29, 1.82) is 0 Å². The molecular weight excluding hydrogens is 232 g/mol. The van der Waals surface area contributed by atoms with Gasteiger partial charge in [0.05, 0.1) is 11.4 Å². The molecule has 5 heteroatoms. The highest BCUT2D eigenvalue weighted by atomic mass is 35.5. The summed E-state index contributed by atoms with van der Waals surface area (Å²) in [4.78, 5) is 4.18. The SMILES string of the molecule is Cl.O=S(Cc1ccccn1)[C@H]1CCNC1. The highest BCUT2D eigenvalue weighted by Crippen LogP contribution is 2.10. The Labute approximate surface area is 98.5 Å². The Morgan fingerprint density at radius 2 is 2.40 bits per heavy atom. The molecule has 0 aromatic carbocycles. The average Bonchev–Trinajstić information content (AvgIpc) is 2.72. The zero-order valence-corrected chi connectivity index (χ0v) is 10.0. The van der Waals surface area contributed by atoms with Crippen LogP contribution < -0.4 is 5.32 Å².